The van der Waals surface area contributed by atoms with Gasteiger partial charge in [0.2, 0.25) is 17.7 Å². The molecule has 0 saturated heterocycles. The lowest BCUT2D eigenvalue weighted by Crippen LogP contribution is -2.50. The van der Waals surface area contributed by atoms with Crippen LogP contribution in [0.15, 0.2) is 0 Å². The Balaban J connectivity index is 2.39. The van der Waals surface area contributed by atoms with Gasteiger partial charge in [0.1, 0.15) is 0 Å². The smallest absolute Gasteiger partial charge is 0.239 e. The Labute approximate surface area is 132 Å². The summed E-state index contributed by atoms with van der Waals surface area (Å²) in [6.07, 6.45) is 4.46. The number of nitrogens with one attached hydrogen (secondary N) is 3. The van der Waals surface area contributed by atoms with Crippen LogP contribution in [0, 0.1) is 11.3 Å². The second-order valence-corrected chi connectivity index (χ2v) is 7.12. The molecular formula is C16H29N3O3. The number of amides is 3. The number of hydrogen-bond donors (Lipinski definition) is 3. The van der Waals surface area contributed by atoms with Crippen molar-refractivity contribution in [3.8, 4) is 0 Å². The van der Waals surface area contributed by atoms with Crippen molar-refractivity contribution in [1.29, 1.82) is 0 Å². The quantitative estimate of drug-likeness (QED) is 0.707. The molecule has 6 nitrogen and oxygen atoms in total. The first-order valence-electron chi connectivity index (χ1n) is 8.00. The Morgan fingerprint density at radius 2 is 1.55 bits per heavy atom. The van der Waals surface area contributed by atoms with Crippen LogP contribution in [0.25, 0.3) is 0 Å². The van der Waals surface area contributed by atoms with Gasteiger partial charge in [-0.1, -0.05) is 33.6 Å². The van der Waals surface area contributed by atoms with Gasteiger partial charge in [0, 0.05) is 13.0 Å². The lowest BCUT2D eigenvalue weighted by molar-refractivity contribution is -0.127. The lowest BCUT2D eigenvalue weighted by Gasteiger charge is -2.40. The summed E-state index contributed by atoms with van der Waals surface area (Å²) < 4.78 is 0. The molecule has 1 fully saturated rings. The fraction of sp³-hybridized carbons (Fsp3) is 0.812. The monoisotopic (exact) mass is 311 g/mol. The maximum atomic E-state index is 12.0. The molecule has 0 aromatic heterocycles. The molecule has 0 aromatic rings. The summed E-state index contributed by atoms with van der Waals surface area (Å²) in [7, 11) is 0. The van der Waals surface area contributed by atoms with E-state index >= 15 is 0 Å². The average molecular weight is 311 g/mol. The minimum atomic E-state index is -0.360. The van der Waals surface area contributed by atoms with E-state index in [1.807, 2.05) is 0 Å². The fourth-order valence-electron chi connectivity index (χ4n) is 3.04. The Morgan fingerprint density at radius 3 is 2.14 bits per heavy atom. The lowest BCUT2D eigenvalue weighted by atomic mass is 9.69. The molecular weight excluding hydrogens is 282 g/mol. The zero-order chi connectivity index (χ0) is 16.8. The van der Waals surface area contributed by atoms with E-state index in [4.69, 9.17) is 0 Å². The summed E-state index contributed by atoms with van der Waals surface area (Å²) in [5, 5.41) is 7.96. The largest absolute Gasteiger partial charge is 0.352 e. The Kier molecular flexibility index (Phi) is 6.84. The predicted octanol–water partition coefficient (Wildman–Crippen LogP) is 0.960. The van der Waals surface area contributed by atoms with Crippen molar-refractivity contribution in [2.24, 2.45) is 11.3 Å². The van der Waals surface area contributed by atoms with Crippen molar-refractivity contribution < 1.29 is 14.4 Å². The zero-order valence-electron chi connectivity index (χ0n) is 14.1. The fourth-order valence-corrected chi connectivity index (χ4v) is 3.04. The minimum absolute atomic E-state index is 0.0498. The van der Waals surface area contributed by atoms with Crippen molar-refractivity contribution in [2.45, 2.75) is 59.4 Å². The molecule has 126 valence electrons. The van der Waals surface area contributed by atoms with E-state index in [0.29, 0.717) is 5.92 Å². The highest BCUT2D eigenvalue weighted by atomic mass is 16.2. The van der Waals surface area contributed by atoms with Gasteiger partial charge in [0.05, 0.1) is 13.1 Å². The first-order chi connectivity index (χ1) is 10.2. The molecule has 0 bridgehead atoms. The summed E-state index contributed by atoms with van der Waals surface area (Å²) >= 11 is 0. The Bertz CT molecular complexity index is 415. The van der Waals surface area contributed by atoms with Gasteiger partial charge in [-0.15, -0.1) is 0 Å². The summed E-state index contributed by atoms with van der Waals surface area (Å²) in [4.78, 5) is 34.2. The van der Waals surface area contributed by atoms with Crippen molar-refractivity contribution in [3.63, 3.8) is 0 Å². The van der Waals surface area contributed by atoms with E-state index in [9.17, 15) is 14.4 Å². The van der Waals surface area contributed by atoms with Crippen molar-refractivity contribution in [2.75, 3.05) is 13.1 Å². The molecule has 3 N–H and O–H groups in total. The van der Waals surface area contributed by atoms with Crippen molar-refractivity contribution >= 4 is 17.7 Å². The first kappa shape index (κ1) is 18.5. The van der Waals surface area contributed by atoms with Crippen LogP contribution in [-0.2, 0) is 14.4 Å². The second kappa shape index (κ2) is 8.15. The second-order valence-electron chi connectivity index (χ2n) is 7.12. The van der Waals surface area contributed by atoms with E-state index in [2.05, 4.69) is 36.7 Å². The Morgan fingerprint density at radius 1 is 0.955 bits per heavy atom. The van der Waals surface area contributed by atoms with E-state index in [0.717, 1.165) is 19.3 Å². The van der Waals surface area contributed by atoms with Crippen LogP contribution in [0.1, 0.15) is 53.4 Å². The normalized spacial score (nSPS) is 21.8. The standard InChI is InChI=1S/C16H29N3O3/c1-11(20)17-9-14(21)18-10-15(22)19-13-8-6-5-7-12(13)16(2,3)4/h12-13H,5-10H2,1-4H3,(H,17,20)(H,18,21)(H,19,22). The molecule has 0 heterocycles. The summed E-state index contributed by atoms with van der Waals surface area (Å²) in [6.45, 7) is 7.81. The maximum absolute atomic E-state index is 12.0. The van der Waals surface area contributed by atoms with Gasteiger partial charge in [0.15, 0.2) is 0 Å². The third-order valence-electron chi connectivity index (χ3n) is 4.17. The molecule has 1 rings (SSSR count). The van der Waals surface area contributed by atoms with Crippen LogP contribution < -0.4 is 16.0 Å². The topological polar surface area (TPSA) is 87.3 Å². The molecule has 6 heteroatoms. The molecule has 0 spiro atoms. The minimum Gasteiger partial charge on any atom is -0.352 e. The molecule has 0 aliphatic heterocycles. The van der Waals surface area contributed by atoms with Crippen molar-refractivity contribution in [1.82, 2.24) is 16.0 Å². The van der Waals surface area contributed by atoms with Gasteiger partial charge >= 0.3 is 0 Å². The van der Waals surface area contributed by atoms with E-state index in [1.54, 1.807) is 0 Å². The van der Waals surface area contributed by atoms with Gasteiger partial charge in [-0.05, 0) is 24.2 Å². The van der Waals surface area contributed by atoms with Gasteiger partial charge in [-0.2, -0.15) is 0 Å². The molecule has 0 radical (unpaired) electrons. The highest BCUT2D eigenvalue weighted by molar-refractivity contribution is 5.87. The first-order valence-corrected chi connectivity index (χ1v) is 8.00. The SMILES string of the molecule is CC(=O)NCC(=O)NCC(=O)NC1CCCCC1C(C)(C)C. The van der Waals surface area contributed by atoms with Gasteiger partial charge in [-0.25, -0.2) is 0 Å². The third-order valence-corrected chi connectivity index (χ3v) is 4.17. The molecule has 1 saturated carbocycles. The number of carbonyl (C=O) groups is 3. The van der Waals surface area contributed by atoms with Crippen LogP contribution in [-0.4, -0.2) is 36.9 Å². The molecule has 0 aromatic carbocycles. The molecule has 1 aliphatic carbocycles. The maximum Gasteiger partial charge on any atom is 0.239 e. The zero-order valence-corrected chi connectivity index (χ0v) is 14.1. The molecule has 2 atom stereocenters. The summed E-state index contributed by atoms with van der Waals surface area (Å²) in [5.41, 5.74) is 0.160. The number of rotatable bonds is 5. The van der Waals surface area contributed by atoms with Crippen LogP contribution in [0.4, 0.5) is 0 Å². The summed E-state index contributed by atoms with van der Waals surface area (Å²) in [5.74, 6) is -0.339. The average Bonchev–Trinajstić information content (AvgIpc) is 2.42. The van der Waals surface area contributed by atoms with E-state index in [-0.39, 0.29) is 42.3 Å². The van der Waals surface area contributed by atoms with E-state index in [1.165, 1.54) is 13.3 Å². The van der Waals surface area contributed by atoms with E-state index < -0.39 is 0 Å². The molecule has 3 amide bonds. The van der Waals surface area contributed by atoms with Gasteiger partial charge in [0.25, 0.3) is 0 Å². The highest BCUT2D eigenvalue weighted by Gasteiger charge is 2.34. The predicted molar refractivity (Wildman–Crippen MR) is 85.0 cm³/mol. The highest BCUT2D eigenvalue weighted by Crippen LogP contribution is 2.37. The van der Waals surface area contributed by atoms with Crippen LogP contribution in [0.3, 0.4) is 0 Å². The number of carbonyl (C=O) groups excluding carboxylic acids is 3. The van der Waals surface area contributed by atoms with Gasteiger partial charge in [-0.3, -0.25) is 14.4 Å². The summed E-state index contributed by atoms with van der Waals surface area (Å²) in [6, 6.07) is 0.175. The van der Waals surface area contributed by atoms with Gasteiger partial charge < -0.3 is 16.0 Å². The number of hydrogen-bond acceptors (Lipinski definition) is 3. The van der Waals surface area contributed by atoms with Crippen molar-refractivity contribution in [3.05, 3.63) is 0 Å². The van der Waals surface area contributed by atoms with Crippen LogP contribution in [0.2, 0.25) is 0 Å². The molecule has 2 unspecified atom stereocenters. The van der Waals surface area contributed by atoms with Crippen LogP contribution >= 0.6 is 0 Å². The Hall–Kier alpha value is -1.59. The molecule has 1 aliphatic rings. The third kappa shape index (κ3) is 6.45. The molecule has 22 heavy (non-hydrogen) atoms. The van der Waals surface area contributed by atoms with Crippen LogP contribution in [0.5, 0.6) is 0 Å².